The van der Waals surface area contributed by atoms with E-state index in [0.29, 0.717) is 0 Å². The molecule has 0 aromatic carbocycles. The standard InChI is InChI=1S/C4F9.K.HO3S/c5-1(6)2(7,8)3(9,10)4(11,12)13;;1-4(2)3/h;;(H,1,2,3)/q;+1;-1. The van der Waals surface area contributed by atoms with Gasteiger partial charge in [-0.15, -0.1) is 0 Å². The van der Waals surface area contributed by atoms with Crippen LogP contribution in [0.5, 0.6) is 0 Å². The fourth-order valence-corrected chi connectivity index (χ4v) is 0.297. The van der Waals surface area contributed by atoms with E-state index >= 15 is 0 Å². The molecule has 0 aliphatic rings. The van der Waals surface area contributed by atoms with Crippen LogP contribution in [-0.4, -0.2) is 22.6 Å². The van der Waals surface area contributed by atoms with Gasteiger partial charge in [-0.2, -0.15) is 39.5 Å². The Morgan fingerprint density at radius 3 is 1.17 bits per heavy atom. The van der Waals surface area contributed by atoms with Crippen molar-refractivity contribution in [3.05, 3.63) is 6.43 Å². The van der Waals surface area contributed by atoms with Crippen LogP contribution in [0.15, 0.2) is 0 Å². The molecule has 0 saturated heterocycles. The van der Waals surface area contributed by atoms with Gasteiger partial charge in [-0.25, -0.2) is 0 Å². The average Bonchev–Trinajstić information content (AvgIpc) is 1.99. The van der Waals surface area contributed by atoms with E-state index in [4.69, 9.17) is 13.0 Å². The third-order valence-corrected chi connectivity index (χ3v) is 0.988. The summed E-state index contributed by atoms with van der Waals surface area (Å²) >= 11 is 0. The van der Waals surface area contributed by atoms with Crippen LogP contribution in [0, 0.1) is 6.43 Å². The van der Waals surface area contributed by atoms with Crippen molar-refractivity contribution < 1.29 is 104 Å². The zero-order chi connectivity index (χ0) is 14.7. The van der Waals surface area contributed by atoms with E-state index in [1.165, 1.54) is 0 Å². The molecule has 0 amide bonds. The van der Waals surface area contributed by atoms with Gasteiger partial charge in [0.1, 0.15) is 0 Å². The number of alkyl halides is 7. The second kappa shape index (κ2) is 8.26. The molecule has 18 heavy (non-hydrogen) atoms. The first kappa shape index (κ1) is 24.0. The van der Waals surface area contributed by atoms with Gasteiger partial charge in [0, 0.05) is 11.0 Å². The predicted octanol–water partition coefficient (Wildman–Crippen LogP) is 0.0205. The summed E-state index contributed by atoms with van der Waals surface area (Å²) in [6, 6.07) is 0. The second-order valence-corrected chi connectivity index (χ2v) is 2.56. The van der Waals surface area contributed by atoms with Crippen molar-refractivity contribution in [2.45, 2.75) is 18.0 Å². The Balaban J connectivity index is -0.000000392. The molecule has 0 spiro atoms. The molecule has 1 radical (unpaired) electrons. The average molecular weight is 339 g/mol. The van der Waals surface area contributed by atoms with Crippen molar-refractivity contribution in [3.63, 3.8) is 0 Å². The van der Waals surface area contributed by atoms with Crippen molar-refractivity contribution in [2.24, 2.45) is 0 Å². The summed E-state index contributed by atoms with van der Waals surface area (Å²) in [5.41, 5.74) is 0. The number of rotatable bonds is 2. The molecule has 105 valence electrons. The Kier molecular flexibility index (Phi) is 11.0. The minimum absolute atomic E-state index is 0. The van der Waals surface area contributed by atoms with Crippen LogP contribution in [0.25, 0.3) is 0 Å². The predicted molar refractivity (Wildman–Crippen MR) is 32.8 cm³/mol. The first-order valence-corrected chi connectivity index (χ1v) is 4.00. The van der Waals surface area contributed by atoms with Crippen LogP contribution in [0.2, 0.25) is 0 Å². The SMILES string of the molecule is F[C](F)C(F)(F)C(F)(F)C(F)(F)F.O=[S-](=O)O.[K+]. The maximum absolute atomic E-state index is 11.6. The van der Waals surface area contributed by atoms with Crippen LogP contribution in [0.3, 0.4) is 0 Å². The largest absolute Gasteiger partial charge is 1.00 e. The Morgan fingerprint density at radius 1 is 0.889 bits per heavy atom. The first-order chi connectivity index (χ1) is 7.18. The van der Waals surface area contributed by atoms with Crippen LogP contribution in [0.1, 0.15) is 0 Å². The maximum Gasteiger partial charge on any atom is 1.00 e. The molecule has 0 fully saturated rings. The smallest absolute Gasteiger partial charge is 0.439 e. The third kappa shape index (κ3) is 6.90. The molecule has 0 heterocycles. The van der Waals surface area contributed by atoms with Gasteiger partial charge in [0.05, 0.1) is 0 Å². The van der Waals surface area contributed by atoms with E-state index in [-0.39, 0.29) is 51.4 Å². The minimum atomic E-state index is -6.77. The molecule has 14 heteroatoms. The molecule has 0 aliphatic carbocycles. The van der Waals surface area contributed by atoms with Crippen molar-refractivity contribution in [1.29, 1.82) is 0 Å². The van der Waals surface area contributed by atoms with Crippen LogP contribution in [0.4, 0.5) is 39.5 Å². The quantitative estimate of drug-likeness (QED) is 0.254. The van der Waals surface area contributed by atoms with Gasteiger partial charge in [0.2, 0.25) is 0 Å². The molecule has 0 bridgehead atoms. The van der Waals surface area contributed by atoms with Crippen LogP contribution < -0.4 is 51.4 Å². The number of hydrogen-bond acceptors (Lipinski definition) is 3. The Morgan fingerprint density at radius 2 is 1.11 bits per heavy atom. The fraction of sp³-hybridized carbons (Fsp3) is 0.750. The molecule has 0 rings (SSSR count). The number of hydrogen-bond donors (Lipinski definition) is 1. The third-order valence-electron chi connectivity index (χ3n) is 0.988. The molecule has 3 nitrogen and oxygen atoms in total. The second-order valence-electron chi connectivity index (χ2n) is 2.12. The Bertz CT molecular complexity index is 303. The van der Waals surface area contributed by atoms with E-state index in [0.717, 1.165) is 0 Å². The maximum atomic E-state index is 11.6. The molecule has 0 saturated carbocycles. The molecule has 0 aliphatic heterocycles. The van der Waals surface area contributed by atoms with E-state index < -0.39 is 35.4 Å². The topological polar surface area (TPSA) is 54.4 Å². The summed E-state index contributed by atoms with van der Waals surface area (Å²) < 4.78 is 126. The summed E-state index contributed by atoms with van der Waals surface area (Å²) in [5.74, 6) is -13.3. The van der Waals surface area contributed by atoms with Crippen LogP contribution >= 0.6 is 0 Å². The summed E-state index contributed by atoms with van der Waals surface area (Å²) in [5, 5.41) is 0. The molecule has 0 aromatic rings. The van der Waals surface area contributed by atoms with Gasteiger partial charge < -0.3 is 13.0 Å². The minimum Gasteiger partial charge on any atom is -0.439 e. The van der Waals surface area contributed by atoms with Crippen molar-refractivity contribution in [3.8, 4) is 0 Å². The van der Waals surface area contributed by atoms with Crippen molar-refractivity contribution in [1.82, 2.24) is 0 Å². The van der Waals surface area contributed by atoms with E-state index in [2.05, 4.69) is 0 Å². The first-order valence-electron chi connectivity index (χ1n) is 2.97. The Labute approximate surface area is 138 Å². The zero-order valence-corrected chi connectivity index (χ0v) is 12.0. The summed E-state index contributed by atoms with van der Waals surface area (Å²) in [6.07, 6.45) is -11.0. The molecule has 0 aromatic heterocycles. The van der Waals surface area contributed by atoms with E-state index in [1.807, 2.05) is 0 Å². The van der Waals surface area contributed by atoms with Gasteiger partial charge in [-0.3, -0.25) is 0 Å². The summed E-state index contributed by atoms with van der Waals surface area (Å²) in [4.78, 5) is 0. The molecule has 1 N–H and O–H groups in total. The van der Waals surface area contributed by atoms with Gasteiger partial charge in [-0.05, 0) is 0 Å². The summed E-state index contributed by atoms with van der Waals surface area (Å²) in [6.45, 7) is 0. The monoisotopic (exact) mass is 339 g/mol. The molecular weight excluding hydrogens is 338 g/mol. The van der Waals surface area contributed by atoms with Gasteiger partial charge in [0.15, 0.2) is 0 Å². The molecule has 0 atom stereocenters. The summed E-state index contributed by atoms with van der Waals surface area (Å²) in [7, 11) is -2.86. The van der Waals surface area contributed by atoms with Gasteiger partial charge in [0.25, 0.3) is 0 Å². The Hall–Kier alpha value is 0.916. The van der Waals surface area contributed by atoms with Crippen molar-refractivity contribution >= 4 is 11.0 Å². The van der Waals surface area contributed by atoms with Crippen molar-refractivity contribution in [2.75, 3.05) is 0 Å². The zero-order valence-electron chi connectivity index (χ0n) is 8.07. The number of halogens is 9. The van der Waals surface area contributed by atoms with E-state index in [1.54, 1.807) is 0 Å². The van der Waals surface area contributed by atoms with E-state index in [9.17, 15) is 39.5 Å². The van der Waals surface area contributed by atoms with Crippen LogP contribution in [-0.2, 0) is 19.4 Å². The van der Waals surface area contributed by atoms with Gasteiger partial charge >= 0.3 is 75.8 Å². The van der Waals surface area contributed by atoms with Gasteiger partial charge in [-0.1, -0.05) is 0 Å². The fourth-order valence-electron chi connectivity index (χ4n) is 0.297. The molecule has 0 unspecified atom stereocenters. The normalized spacial score (nSPS) is 12.9. The molecular formula is C4HF9KO3S.